The molecule has 7 heteroatoms. The number of pyridine rings is 1. The lowest BCUT2D eigenvalue weighted by Gasteiger charge is -2.21. The molecule has 3 rings (SSSR count). The van der Waals surface area contributed by atoms with Crippen LogP contribution in [0.1, 0.15) is 38.3 Å². The number of benzene rings is 1. The van der Waals surface area contributed by atoms with Crippen LogP contribution in [0.5, 0.6) is 5.75 Å². The summed E-state index contributed by atoms with van der Waals surface area (Å²) in [6.07, 6.45) is 2.67. The molecule has 0 radical (unpaired) electrons. The van der Waals surface area contributed by atoms with Gasteiger partial charge in [-0.15, -0.1) is 0 Å². The van der Waals surface area contributed by atoms with Crippen molar-refractivity contribution in [3.05, 3.63) is 60.2 Å². The highest BCUT2D eigenvalue weighted by Gasteiger charge is 2.27. The first kappa shape index (κ1) is 19.5. The van der Waals surface area contributed by atoms with Crippen LogP contribution in [-0.2, 0) is 4.79 Å². The molecule has 1 N–H and O–H groups in total. The average Bonchev–Trinajstić information content (AvgIpc) is 3.18. The van der Waals surface area contributed by atoms with Crippen molar-refractivity contribution in [1.29, 1.82) is 0 Å². The minimum absolute atomic E-state index is 0.0567. The largest absolute Gasteiger partial charge is 0.481 e. The molecular weight excluding hydrogens is 356 g/mol. The second-order valence-corrected chi connectivity index (χ2v) is 7.00. The SMILES string of the molecule is Cc1ccc(OC(C)C(=O)NC(c2nc(-c3ccncc3)no2)C(C)C)cc1. The number of ether oxygens (including phenoxy) is 1. The molecule has 1 aromatic carbocycles. The third kappa shape index (κ3) is 4.73. The van der Waals surface area contributed by atoms with Gasteiger partial charge in [-0.1, -0.05) is 36.7 Å². The van der Waals surface area contributed by atoms with Crippen LogP contribution in [0.3, 0.4) is 0 Å². The van der Waals surface area contributed by atoms with E-state index < -0.39 is 12.1 Å². The zero-order chi connectivity index (χ0) is 20.1. The van der Waals surface area contributed by atoms with Crippen LogP contribution >= 0.6 is 0 Å². The first-order chi connectivity index (χ1) is 13.4. The van der Waals surface area contributed by atoms with E-state index in [4.69, 9.17) is 9.26 Å². The normalized spacial score (nSPS) is 13.2. The maximum atomic E-state index is 12.6. The topological polar surface area (TPSA) is 90.1 Å². The van der Waals surface area contributed by atoms with Gasteiger partial charge in [0.2, 0.25) is 11.7 Å². The Morgan fingerprint density at radius 1 is 1.07 bits per heavy atom. The summed E-state index contributed by atoms with van der Waals surface area (Å²) in [6.45, 7) is 7.67. The highest BCUT2D eigenvalue weighted by molar-refractivity contribution is 5.81. The molecule has 0 bridgehead atoms. The molecule has 0 fully saturated rings. The number of carbonyl (C=O) groups is 1. The van der Waals surface area contributed by atoms with Crippen LogP contribution in [0, 0.1) is 12.8 Å². The second kappa shape index (κ2) is 8.65. The fourth-order valence-corrected chi connectivity index (χ4v) is 2.64. The minimum atomic E-state index is -0.661. The predicted molar refractivity (Wildman–Crippen MR) is 105 cm³/mol. The highest BCUT2D eigenvalue weighted by Crippen LogP contribution is 2.23. The molecule has 2 unspecified atom stereocenters. The van der Waals surface area contributed by atoms with E-state index in [2.05, 4.69) is 20.4 Å². The molecule has 1 amide bonds. The number of carbonyl (C=O) groups excluding carboxylic acids is 1. The number of rotatable bonds is 7. The third-order valence-electron chi connectivity index (χ3n) is 4.31. The summed E-state index contributed by atoms with van der Waals surface area (Å²) in [7, 11) is 0. The van der Waals surface area contributed by atoms with Gasteiger partial charge >= 0.3 is 0 Å². The Morgan fingerprint density at radius 3 is 2.39 bits per heavy atom. The van der Waals surface area contributed by atoms with E-state index in [1.165, 1.54) is 0 Å². The third-order valence-corrected chi connectivity index (χ3v) is 4.31. The Hall–Kier alpha value is -3.22. The lowest BCUT2D eigenvalue weighted by atomic mass is 10.0. The average molecular weight is 380 g/mol. The van der Waals surface area contributed by atoms with Gasteiger partial charge in [-0.05, 0) is 44.0 Å². The molecule has 2 aromatic heterocycles. The number of hydrogen-bond acceptors (Lipinski definition) is 6. The molecule has 3 aromatic rings. The van der Waals surface area contributed by atoms with Crippen LogP contribution in [0.15, 0.2) is 53.3 Å². The van der Waals surface area contributed by atoms with E-state index in [0.29, 0.717) is 17.5 Å². The van der Waals surface area contributed by atoms with E-state index >= 15 is 0 Å². The number of amides is 1. The Bertz CT molecular complexity index is 907. The smallest absolute Gasteiger partial charge is 0.261 e. The monoisotopic (exact) mass is 380 g/mol. The number of nitrogens with zero attached hydrogens (tertiary/aromatic N) is 3. The molecule has 0 saturated carbocycles. The van der Waals surface area contributed by atoms with Crippen molar-refractivity contribution in [2.75, 3.05) is 0 Å². The Morgan fingerprint density at radius 2 is 1.75 bits per heavy atom. The Balaban J connectivity index is 1.69. The molecule has 2 atom stereocenters. The summed E-state index contributed by atoms with van der Waals surface area (Å²) < 4.78 is 11.2. The van der Waals surface area contributed by atoms with Crippen molar-refractivity contribution in [3.8, 4) is 17.1 Å². The number of aryl methyl sites for hydroxylation is 1. The van der Waals surface area contributed by atoms with Crippen LogP contribution in [-0.4, -0.2) is 27.1 Å². The Kier molecular flexibility index (Phi) is 6.03. The molecule has 28 heavy (non-hydrogen) atoms. The van der Waals surface area contributed by atoms with Gasteiger partial charge in [-0.25, -0.2) is 0 Å². The van der Waals surface area contributed by atoms with E-state index in [1.54, 1.807) is 31.5 Å². The van der Waals surface area contributed by atoms with Gasteiger partial charge in [0.25, 0.3) is 5.91 Å². The molecule has 0 spiro atoms. The molecule has 146 valence electrons. The lowest BCUT2D eigenvalue weighted by Crippen LogP contribution is -2.40. The zero-order valence-corrected chi connectivity index (χ0v) is 16.4. The quantitative estimate of drug-likeness (QED) is 0.672. The summed E-state index contributed by atoms with van der Waals surface area (Å²) in [5.74, 6) is 1.27. The van der Waals surface area contributed by atoms with Crippen LogP contribution < -0.4 is 10.1 Å². The standard InChI is InChI=1S/C21H24N4O3/c1-13(2)18(21-24-19(25-28-21)16-9-11-22-12-10-16)23-20(26)15(4)27-17-7-5-14(3)6-8-17/h5-13,15,18H,1-4H3,(H,23,26). The fraction of sp³-hybridized carbons (Fsp3) is 0.333. The van der Waals surface area contributed by atoms with Gasteiger partial charge in [0.15, 0.2) is 6.10 Å². The van der Waals surface area contributed by atoms with Crippen LogP contribution in [0.4, 0.5) is 0 Å². The molecule has 2 heterocycles. The van der Waals surface area contributed by atoms with Gasteiger partial charge < -0.3 is 14.6 Å². The molecule has 0 aliphatic heterocycles. The van der Waals surface area contributed by atoms with E-state index in [-0.39, 0.29) is 11.8 Å². The summed E-state index contributed by atoms with van der Waals surface area (Å²) in [5, 5.41) is 6.98. The first-order valence-corrected chi connectivity index (χ1v) is 9.21. The van der Waals surface area contributed by atoms with Crippen molar-refractivity contribution >= 4 is 5.91 Å². The number of nitrogens with one attached hydrogen (secondary N) is 1. The van der Waals surface area contributed by atoms with Crippen molar-refractivity contribution in [2.24, 2.45) is 5.92 Å². The summed E-state index contributed by atoms with van der Waals surface area (Å²) >= 11 is 0. The lowest BCUT2D eigenvalue weighted by molar-refractivity contribution is -0.128. The number of aromatic nitrogens is 3. The van der Waals surface area contributed by atoms with E-state index in [1.807, 2.05) is 45.0 Å². The maximum absolute atomic E-state index is 12.6. The van der Waals surface area contributed by atoms with Crippen molar-refractivity contribution in [1.82, 2.24) is 20.4 Å². The van der Waals surface area contributed by atoms with E-state index in [9.17, 15) is 4.79 Å². The number of hydrogen-bond donors (Lipinski definition) is 1. The summed E-state index contributed by atoms with van der Waals surface area (Å²) in [5.41, 5.74) is 1.93. The first-order valence-electron chi connectivity index (χ1n) is 9.21. The second-order valence-electron chi connectivity index (χ2n) is 7.00. The minimum Gasteiger partial charge on any atom is -0.481 e. The van der Waals surface area contributed by atoms with Crippen LogP contribution in [0.2, 0.25) is 0 Å². The molecular formula is C21H24N4O3. The van der Waals surface area contributed by atoms with Crippen molar-refractivity contribution in [3.63, 3.8) is 0 Å². The van der Waals surface area contributed by atoms with E-state index in [0.717, 1.165) is 11.1 Å². The molecule has 0 saturated heterocycles. The van der Waals surface area contributed by atoms with Gasteiger partial charge in [0.05, 0.1) is 0 Å². The molecule has 0 aliphatic carbocycles. The zero-order valence-electron chi connectivity index (χ0n) is 16.4. The van der Waals surface area contributed by atoms with Gasteiger partial charge in [-0.2, -0.15) is 4.98 Å². The van der Waals surface area contributed by atoms with Crippen LogP contribution in [0.25, 0.3) is 11.4 Å². The highest BCUT2D eigenvalue weighted by atomic mass is 16.5. The fourth-order valence-electron chi connectivity index (χ4n) is 2.64. The maximum Gasteiger partial charge on any atom is 0.261 e. The van der Waals surface area contributed by atoms with Gasteiger partial charge in [-0.3, -0.25) is 9.78 Å². The van der Waals surface area contributed by atoms with Crippen molar-refractivity contribution in [2.45, 2.75) is 39.8 Å². The summed E-state index contributed by atoms with van der Waals surface area (Å²) in [4.78, 5) is 21.1. The Labute approximate surface area is 164 Å². The predicted octanol–water partition coefficient (Wildman–Crippen LogP) is 3.72. The van der Waals surface area contributed by atoms with Gasteiger partial charge in [0.1, 0.15) is 11.8 Å². The van der Waals surface area contributed by atoms with Crippen molar-refractivity contribution < 1.29 is 14.1 Å². The molecule has 7 nitrogen and oxygen atoms in total. The molecule has 0 aliphatic rings. The summed E-state index contributed by atoms with van der Waals surface area (Å²) in [6, 6.07) is 10.8. The van der Waals surface area contributed by atoms with Gasteiger partial charge in [0, 0.05) is 18.0 Å².